The van der Waals surface area contributed by atoms with Crippen molar-refractivity contribution in [2.75, 3.05) is 0 Å². The summed E-state index contributed by atoms with van der Waals surface area (Å²) in [5.74, 6) is 0. The first-order chi connectivity index (χ1) is 27.3. The molecule has 0 unspecified atom stereocenters. The van der Waals surface area contributed by atoms with Crippen LogP contribution >= 0.6 is 0 Å². The summed E-state index contributed by atoms with van der Waals surface area (Å²) in [6.45, 7) is 9.48. The van der Waals surface area contributed by atoms with E-state index in [-0.39, 0.29) is 10.8 Å². The predicted molar refractivity (Wildman–Crippen MR) is 238 cm³/mol. The Hall–Kier alpha value is -6.50. The second-order valence-corrected chi connectivity index (χ2v) is 16.9. The maximum absolute atomic E-state index is 2.46. The minimum atomic E-state index is -0.0704. The molecule has 11 rings (SSSR count). The lowest BCUT2D eigenvalue weighted by atomic mass is 9.81. The van der Waals surface area contributed by atoms with Gasteiger partial charge in [0.15, 0.2) is 0 Å². The summed E-state index contributed by atoms with van der Waals surface area (Å²) in [6, 6.07) is 68.5. The van der Waals surface area contributed by atoms with Crippen molar-refractivity contribution in [3.63, 3.8) is 0 Å². The normalized spacial score (nSPS) is 14.4. The molecule has 0 aliphatic heterocycles. The minimum absolute atomic E-state index is 0.0704. The van der Waals surface area contributed by atoms with Gasteiger partial charge in [0.05, 0.1) is 0 Å². The van der Waals surface area contributed by atoms with Crippen LogP contribution in [0, 0.1) is 0 Å². The summed E-state index contributed by atoms with van der Waals surface area (Å²) >= 11 is 0. The van der Waals surface area contributed by atoms with E-state index in [1.807, 2.05) is 0 Å². The van der Waals surface area contributed by atoms with E-state index in [0.29, 0.717) is 0 Å². The molecule has 9 aromatic carbocycles. The Morgan fingerprint density at radius 3 is 1.04 bits per heavy atom. The van der Waals surface area contributed by atoms with Crippen molar-refractivity contribution in [1.29, 1.82) is 0 Å². The number of hydrogen-bond acceptors (Lipinski definition) is 0. The number of benzene rings is 9. The fraction of sp³-hybridized carbons (Fsp3) is 0.107. The predicted octanol–water partition coefficient (Wildman–Crippen LogP) is 15.3. The number of rotatable bonds is 4. The van der Waals surface area contributed by atoms with Crippen LogP contribution in [0.3, 0.4) is 0 Å². The molecule has 2 aliphatic carbocycles. The molecular weight excluding hydrogens is 673 g/mol. The van der Waals surface area contributed by atoms with Crippen LogP contribution in [0.25, 0.3) is 88.3 Å². The van der Waals surface area contributed by atoms with E-state index in [1.165, 1.54) is 111 Å². The zero-order valence-corrected chi connectivity index (χ0v) is 32.3. The molecule has 0 amide bonds. The third kappa shape index (κ3) is 4.79. The average molecular weight is 715 g/mol. The molecule has 2 aliphatic rings. The monoisotopic (exact) mass is 714 g/mol. The molecule has 0 heteroatoms. The molecule has 0 radical (unpaired) electrons. The van der Waals surface area contributed by atoms with Crippen molar-refractivity contribution in [3.05, 3.63) is 204 Å². The van der Waals surface area contributed by atoms with Crippen molar-refractivity contribution in [3.8, 4) is 66.8 Å². The Morgan fingerprint density at radius 1 is 0.232 bits per heavy atom. The highest BCUT2D eigenvalue weighted by molar-refractivity contribution is 6.18. The van der Waals surface area contributed by atoms with E-state index in [4.69, 9.17) is 0 Å². The van der Waals surface area contributed by atoms with Gasteiger partial charge in [0.1, 0.15) is 0 Å². The molecule has 0 heterocycles. The Morgan fingerprint density at radius 2 is 0.607 bits per heavy atom. The molecule has 0 saturated carbocycles. The van der Waals surface area contributed by atoms with E-state index < -0.39 is 0 Å². The van der Waals surface area contributed by atoms with Gasteiger partial charge < -0.3 is 0 Å². The summed E-state index contributed by atoms with van der Waals surface area (Å²) in [5.41, 5.74) is 20.8. The molecule has 9 aromatic rings. The Kier molecular flexibility index (Phi) is 7.05. The molecule has 0 nitrogen and oxygen atoms in total. The maximum atomic E-state index is 2.46. The van der Waals surface area contributed by atoms with Crippen molar-refractivity contribution >= 4 is 21.5 Å². The van der Waals surface area contributed by atoms with Crippen LogP contribution in [-0.2, 0) is 10.8 Å². The lowest BCUT2D eigenvalue weighted by Gasteiger charge is -2.22. The van der Waals surface area contributed by atoms with Gasteiger partial charge in [0, 0.05) is 10.8 Å². The van der Waals surface area contributed by atoms with Crippen molar-refractivity contribution in [1.82, 2.24) is 0 Å². The van der Waals surface area contributed by atoms with Gasteiger partial charge in [-0.2, -0.15) is 0 Å². The molecular formula is C56H42. The molecule has 0 spiro atoms. The lowest BCUT2D eigenvalue weighted by Crippen LogP contribution is -2.14. The zero-order chi connectivity index (χ0) is 37.8. The fourth-order valence-corrected chi connectivity index (χ4v) is 10.1. The number of hydrogen-bond donors (Lipinski definition) is 0. The van der Waals surface area contributed by atoms with Crippen molar-refractivity contribution in [2.45, 2.75) is 38.5 Å². The average Bonchev–Trinajstić information content (AvgIpc) is 3.62. The van der Waals surface area contributed by atoms with E-state index in [0.717, 1.165) is 0 Å². The number of fused-ring (bicyclic) bond motifs is 9. The van der Waals surface area contributed by atoms with Crippen LogP contribution < -0.4 is 0 Å². The van der Waals surface area contributed by atoms with Gasteiger partial charge in [-0.1, -0.05) is 173 Å². The van der Waals surface area contributed by atoms with Crippen LogP contribution in [0.2, 0.25) is 0 Å². The Balaban J connectivity index is 1.18. The fourth-order valence-electron chi connectivity index (χ4n) is 10.1. The first-order valence-corrected chi connectivity index (χ1v) is 19.9. The smallest absolute Gasteiger partial charge is 0.0159 e. The van der Waals surface area contributed by atoms with Gasteiger partial charge in [-0.05, 0) is 147 Å². The SMILES string of the molecule is CC1(C)c2ccccc2-c2ccc(-c3cc(-c4ccccc4)c4ccc5c(-c6ccccc6)cc(-c6ccc7c(c6)C(C)(C)c6ccccc6-7)cc5c4c3)cc21. The van der Waals surface area contributed by atoms with Crippen molar-refractivity contribution in [2.24, 2.45) is 0 Å². The first kappa shape index (κ1) is 32.9. The summed E-state index contributed by atoms with van der Waals surface area (Å²) < 4.78 is 0. The summed E-state index contributed by atoms with van der Waals surface area (Å²) in [6.07, 6.45) is 0. The van der Waals surface area contributed by atoms with E-state index in [9.17, 15) is 0 Å². The van der Waals surface area contributed by atoms with Crippen LogP contribution in [0.1, 0.15) is 49.9 Å². The van der Waals surface area contributed by atoms with Crippen LogP contribution in [-0.4, -0.2) is 0 Å². The minimum Gasteiger partial charge on any atom is -0.0622 e. The molecule has 266 valence electrons. The second kappa shape index (κ2) is 12.0. The first-order valence-electron chi connectivity index (χ1n) is 19.9. The van der Waals surface area contributed by atoms with Gasteiger partial charge in [-0.3, -0.25) is 0 Å². The van der Waals surface area contributed by atoms with E-state index >= 15 is 0 Å². The third-order valence-corrected chi connectivity index (χ3v) is 13.1. The van der Waals surface area contributed by atoms with Gasteiger partial charge in [-0.15, -0.1) is 0 Å². The maximum Gasteiger partial charge on any atom is 0.0159 e. The quantitative estimate of drug-likeness (QED) is 0.159. The zero-order valence-electron chi connectivity index (χ0n) is 32.3. The summed E-state index contributed by atoms with van der Waals surface area (Å²) in [4.78, 5) is 0. The Labute approximate surface area is 329 Å². The molecule has 0 N–H and O–H groups in total. The second-order valence-electron chi connectivity index (χ2n) is 16.9. The highest BCUT2D eigenvalue weighted by atomic mass is 14.4. The molecule has 0 fully saturated rings. The third-order valence-electron chi connectivity index (χ3n) is 13.1. The van der Waals surface area contributed by atoms with Gasteiger partial charge >= 0.3 is 0 Å². The summed E-state index contributed by atoms with van der Waals surface area (Å²) in [5, 5.41) is 5.08. The van der Waals surface area contributed by atoms with Gasteiger partial charge in [-0.25, -0.2) is 0 Å². The largest absolute Gasteiger partial charge is 0.0622 e. The van der Waals surface area contributed by atoms with Crippen molar-refractivity contribution < 1.29 is 0 Å². The van der Waals surface area contributed by atoms with Gasteiger partial charge in [0.25, 0.3) is 0 Å². The molecule has 0 atom stereocenters. The van der Waals surface area contributed by atoms with E-state index in [1.54, 1.807) is 0 Å². The molecule has 0 aromatic heterocycles. The Bertz CT molecular complexity index is 2840. The topological polar surface area (TPSA) is 0 Å². The highest BCUT2D eigenvalue weighted by Crippen LogP contribution is 2.52. The summed E-state index contributed by atoms with van der Waals surface area (Å²) in [7, 11) is 0. The van der Waals surface area contributed by atoms with Crippen LogP contribution in [0.5, 0.6) is 0 Å². The van der Waals surface area contributed by atoms with E-state index in [2.05, 4.69) is 210 Å². The molecule has 0 bridgehead atoms. The standard InChI is InChI=1S/C56H42/c1-55(2)51-21-13-11-19-43(51)45-25-23-37(33-53(45)55)39-29-47(35-15-7-5-8-16-35)41-27-28-42-48(36-17-9-6-10-18-36)30-40(32-50(42)49(41)31-39)38-24-26-46-44-20-12-14-22-52(44)56(3,4)54(46)34-38/h5-34H,1-4H3. The van der Waals surface area contributed by atoms with Crippen LogP contribution in [0.4, 0.5) is 0 Å². The molecule has 0 saturated heterocycles. The van der Waals surface area contributed by atoms with Gasteiger partial charge in [0.2, 0.25) is 0 Å². The van der Waals surface area contributed by atoms with Crippen LogP contribution in [0.15, 0.2) is 182 Å². The molecule has 56 heavy (non-hydrogen) atoms. The lowest BCUT2D eigenvalue weighted by molar-refractivity contribution is 0.660. The highest BCUT2D eigenvalue weighted by Gasteiger charge is 2.36.